The second kappa shape index (κ2) is 16.4. The molecule has 2 aliphatic heterocycles. The number of nitrogens with one attached hydrogen (secondary N) is 2. The van der Waals surface area contributed by atoms with E-state index in [1.54, 1.807) is 7.11 Å². The van der Waals surface area contributed by atoms with Gasteiger partial charge in [-0.15, -0.1) is 0 Å². The van der Waals surface area contributed by atoms with Crippen molar-refractivity contribution in [1.29, 1.82) is 0 Å². The lowest BCUT2D eigenvalue weighted by atomic mass is 9.96. The van der Waals surface area contributed by atoms with Crippen LogP contribution in [0.15, 0.2) is 72.8 Å². The molecule has 2 amide bonds. The van der Waals surface area contributed by atoms with E-state index in [1.165, 1.54) is 0 Å². The number of piperidine rings is 2. The number of hydrogen-bond donors (Lipinski definition) is 3. The number of ether oxygens (including phenoxy) is 2. The fraction of sp³-hybridized carbons (Fsp3) is 0.417. The minimum atomic E-state index is -0.435. The summed E-state index contributed by atoms with van der Waals surface area (Å²) < 4.78 is 11.3. The van der Waals surface area contributed by atoms with Gasteiger partial charge < -0.3 is 25.4 Å². The van der Waals surface area contributed by atoms with Crippen LogP contribution in [0.5, 0.6) is 5.75 Å². The van der Waals surface area contributed by atoms with Crippen molar-refractivity contribution >= 4 is 23.5 Å². The molecule has 46 heavy (non-hydrogen) atoms. The van der Waals surface area contributed by atoms with Crippen LogP contribution in [0.25, 0.3) is 11.1 Å². The summed E-state index contributed by atoms with van der Waals surface area (Å²) in [6.45, 7) is 5.74. The van der Waals surface area contributed by atoms with Gasteiger partial charge in [-0.25, -0.2) is 4.79 Å². The maximum Gasteiger partial charge on any atom is 0.411 e. The first-order chi connectivity index (χ1) is 22.4. The molecule has 0 bridgehead atoms. The molecule has 0 unspecified atom stereocenters. The number of nitrogens with two attached hydrogens (primary N) is 1. The van der Waals surface area contributed by atoms with Crippen LogP contribution in [-0.2, 0) is 16.1 Å². The summed E-state index contributed by atoms with van der Waals surface area (Å²) in [5, 5.41) is 6.20. The number of para-hydroxylation sites is 1. The molecule has 0 aromatic heterocycles. The Kier molecular flexibility index (Phi) is 11.8. The van der Waals surface area contributed by atoms with Crippen LogP contribution in [0.2, 0.25) is 0 Å². The lowest BCUT2D eigenvalue weighted by Gasteiger charge is -2.31. The molecule has 3 aromatic carbocycles. The van der Waals surface area contributed by atoms with Crippen molar-refractivity contribution in [2.24, 2.45) is 11.7 Å². The molecule has 2 saturated heterocycles. The highest BCUT2D eigenvalue weighted by molar-refractivity contribution is 6.00. The quantitative estimate of drug-likeness (QED) is 0.186. The van der Waals surface area contributed by atoms with Gasteiger partial charge in [0.1, 0.15) is 11.9 Å². The molecule has 0 radical (unpaired) electrons. The molecule has 10 heteroatoms. The number of anilines is 1. The third kappa shape index (κ3) is 9.15. The number of nitrogens with zero attached hydrogens (tertiary/aromatic N) is 2. The van der Waals surface area contributed by atoms with E-state index in [0.29, 0.717) is 17.9 Å². The normalized spacial score (nSPS) is 16.5. The zero-order chi connectivity index (χ0) is 32.3. The lowest BCUT2D eigenvalue weighted by Crippen LogP contribution is -2.42. The second-order valence-corrected chi connectivity index (χ2v) is 12.1. The number of primary amides is 1. The van der Waals surface area contributed by atoms with E-state index in [-0.39, 0.29) is 30.3 Å². The molecule has 244 valence electrons. The molecule has 0 spiro atoms. The summed E-state index contributed by atoms with van der Waals surface area (Å²) in [6, 6.07) is 23.4. The molecule has 0 atom stereocenters. The Hall–Kier alpha value is -4.25. The lowest BCUT2D eigenvalue weighted by molar-refractivity contribution is -0.123. The molecule has 10 nitrogen and oxygen atoms in total. The average Bonchev–Trinajstić information content (AvgIpc) is 3.08. The van der Waals surface area contributed by atoms with Crippen molar-refractivity contribution in [1.82, 2.24) is 15.1 Å². The van der Waals surface area contributed by atoms with Gasteiger partial charge in [0, 0.05) is 44.2 Å². The number of methoxy groups -OCH3 is 1. The number of rotatable bonds is 13. The molecular formula is C36H45N5O5. The van der Waals surface area contributed by atoms with Crippen LogP contribution in [0.3, 0.4) is 0 Å². The van der Waals surface area contributed by atoms with Gasteiger partial charge in [-0.1, -0.05) is 54.6 Å². The van der Waals surface area contributed by atoms with Crippen molar-refractivity contribution in [3.8, 4) is 16.9 Å². The number of amides is 2. The highest BCUT2D eigenvalue weighted by atomic mass is 16.6. The van der Waals surface area contributed by atoms with Crippen molar-refractivity contribution in [2.75, 3.05) is 58.2 Å². The number of likely N-dealkylation sites (tertiary alicyclic amines) is 2. The van der Waals surface area contributed by atoms with Crippen LogP contribution >= 0.6 is 0 Å². The van der Waals surface area contributed by atoms with Gasteiger partial charge in [0.25, 0.3) is 0 Å². The molecule has 2 heterocycles. The maximum atomic E-state index is 13.0. The Morgan fingerprint density at radius 1 is 0.870 bits per heavy atom. The first-order valence-electron chi connectivity index (χ1n) is 16.2. The summed E-state index contributed by atoms with van der Waals surface area (Å²) in [7, 11) is 1.59. The number of Topliss-reactive ketones (excluding diaryl/α,β-unsaturated/α-hetero) is 1. The molecule has 4 N–H and O–H groups in total. The molecule has 0 saturated carbocycles. The minimum Gasteiger partial charge on any atom is -0.496 e. The average molecular weight is 628 g/mol. The Morgan fingerprint density at radius 3 is 2.28 bits per heavy atom. The Bertz CT molecular complexity index is 1470. The molecule has 0 aliphatic carbocycles. The number of carbonyl (C=O) groups is 3. The third-order valence-electron chi connectivity index (χ3n) is 8.91. The van der Waals surface area contributed by atoms with Gasteiger partial charge in [-0.05, 0) is 68.1 Å². The SMILES string of the molecule is COc1cc(CN2CCC(C(N)=O)CC2)ccc1C(=O)CNCCN1CCC(OC(=O)Nc2ccccc2-c2ccccc2)CC1. The van der Waals surface area contributed by atoms with Gasteiger partial charge in [-0.3, -0.25) is 19.8 Å². The topological polar surface area (TPSA) is 126 Å². The first-order valence-corrected chi connectivity index (χ1v) is 16.2. The largest absolute Gasteiger partial charge is 0.496 e. The number of carbonyl (C=O) groups excluding carboxylic acids is 3. The summed E-state index contributed by atoms with van der Waals surface area (Å²) >= 11 is 0. The van der Waals surface area contributed by atoms with Crippen LogP contribution < -0.4 is 21.1 Å². The van der Waals surface area contributed by atoms with Gasteiger partial charge >= 0.3 is 6.09 Å². The summed E-state index contributed by atoms with van der Waals surface area (Å²) in [6.07, 6.45) is 2.52. The number of ketones is 1. The highest BCUT2D eigenvalue weighted by Crippen LogP contribution is 2.28. The van der Waals surface area contributed by atoms with E-state index < -0.39 is 6.09 Å². The zero-order valence-corrected chi connectivity index (χ0v) is 26.6. The monoisotopic (exact) mass is 627 g/mol. The molecule has 3 aromatic rings. The summed E-state index contributed by atoms with van der Waals surface area (Å²) in [4.78, 5) is 41.8. The fourth-order valence-corrected chi connectivity index (χ4v) is 6.24. The predicted octanol–water partition coefficient (Wildman–Crippen LogP) is 4.54. The van der Waals surface area contributed by atoms with E-state index in [4.69, 9.17) is 15.2 Å². The van der Waals surface area contributed by atoms with Crippen LogP contribution in [0.1, 0.15) is 41.6 Å². The molecule has 5 rings (SSSR count). The Balaban J connectivity index is 0.998. The summed E-state index contributed by atoms with van der Waals surface area (Å²) in [5.41, 5.74) is 9.80. The van der Waals surface area contributed by atoms with Crippen LogP contribution in [0, 0.1) is 5.92 Å². The molecular weight excluding hydrogens is 582 g/mol. The van der Waals surface area contributed by atoms with E-state index in [9.17, 15) is 14.4 Å². The zero-order valence-electron chi connectivity index (χ0n) is 26.6. The van der Waals surface area contributed by atoms with E-state index in [0.717, 1.165) is 87.3 Å². The van der Waals surface area contributed by atoms with Gasteiger partial charge in [0.2, 0.25) is 5.91 Å². The predicted molar refractivity (Wildman–Crippen MR) is 179 cm³/mol. The minimum absolute atomic E-state index is 0.0161. The Morgan fingerprint density at radius 2 is 1.57 bits per heavy atom. The highest BCUT2D eigenvalue weighted by Gasteiger charge is 2.24. The van der Waals surface area contributed by atoms with Crippen molar-refractivity contribution in [2.45, 2.75) is 38.3 Å². The van der Waals surface area contributed by atoms with Crippen molar-refractivity contribution in [3.05, 3.63) is 83.9 Å². The van der Waals surface area contributed by atoms with E-state index >= 15 is 0 Å². The number of hydrogen-bond acceptors (Lipinski definition) is 8. The van der Waals surface area contributed by atoms with Gasteiger partial charge in [0.15, 0.2) is 5.78 Å². The first kappa shape index (κ1) is 33.1. The standard InChI is InChI=1S/C36H45N5O5/c1-45-34-23-26(25-41-18-13-28(14-19-41)35(37)43)11-12-31(34)33(42)24-38-17-22-40-20-15-29(16-21-40)46-36(44)39-32-10-6-5-9-30(32)27-7-3-2-4-8-27/h2-12,23,28-29,38H,13-22,24-25H2,1H3,(H2,37,43)(H,39,44). The van der Waals surface area contributed by atoms with Gasteiger partial charge in [0.05, 0.1) is 24.9 Å². The van der Waals surface area contributed by atoms with Crippen molar-refractivity contribution < 1.29 is 23.9 Å². The third-order valence-corrected chi connectivity index (χ3v) is 8.91. The number of benzene rings is 3. The van der Waals surface area contributed by atoms with E-state index in [1.807, 2.05) is 72.8 Å². The fourth-order valence-electron chi connectivity index (χ4n) is 6.24. The molecule has 2 aliphatic rings. The van der Waals surface area contributed by atoms with Gasteiger partial charge in [-0.2, -0.15) is 0 Å². The van der Waals surface area contributed by atoms with Crippen LogP contribution in [0.4, 0.5) is 10.5 Å². The van der Waals surface area contributed by atoms with Crippen molar-refractivity contribution in [3.63, 3.8) is 0 Å². The van der Waals surface area contributed by atoms with E-state index in [2.05, 4.69) is 20.4 Å². The second-order valence-electron chi connectivity index (χ2n) is 12.1. The molecule has 2 fully saturated rings. The smallest absolute Gasteiger partial charge is 0.411 e. The summed E-state index contributed by atoms with van der Waals surface area (Å²) in [5.74, 6) is 0.312. The maximum absolute atomic E-state index is 13.0. The van der Waals surface area contributed by atoms with Crippen LogP contribution in [-0.4, -0.2) is 86.6 Å². The Labute approximate surface area is 271 Å².